The van der Waals surface area contributed by atoms with Gasteiger partial charge in [0.25, 0.3) is 0 Å². The summed E-state index contributed by atoms with van der Waals surface area (Å²) < 4.78 is 13.7. The maximum absolute atomic E-state index is 6.03. The molecule has 1 fully saturated rings. The topological polar surface area (TPSA) is 29.4 Å². The molecular formula is C27H31Cl2N3O2. The van der Waals surface area contributed by atoms with E-state index in [2.05, 4.69) is 81.2 Å². The van der Waals surface area contributed by atoms with Gasteiger partial charge in [0.15, 0.2) is 0 Å². The number of anilines is 1. The summed E-state index contributed by atoms with van der Waals surface area (Å²) in [6.07, 6.45) is 4.24. The highest BCUT2D eigenvalue weighted by atomic mass is 35.5. The first-order valence-electron chi connectivity index (χ1n) is 11.2. The maximum Gasteiger partial charge on any atom is 0.142 e. The van der Waals surface area contributed by atoms with Crippen molar-refractivity contribution in [3.05, 3.63) is 85.2 Å². The minimum atomic E-state index is 0. The van der Waals surface area contributed by atoms with E-state index in [4.69, 9.17) is 9.47 Å². The zero-order chi connectivity index (χ0) is 21.8. The van der Waals surface area contributed by atoms with Gasteiger partial charge in [0.05, 0.1) is 12.8 Å². The Bertz CT molecular complexity index is 1140. The molecule has 0 radical (unpaired) electrons. The Morgan fingerprint density at radius 2 is 1.53 bits per heavy atom. The fourth-order valence-corrected chi connectivity index (χ4v) is 4.35. The van der Waals surface area contributed by atoms with E-state index >= 15 is 0 Å². The lowest BCUT2D eigenvalue weighted by Crippen LogP contribution is -2.47. The van der Waals surface area contributed by atoms with E-state index in [0.29, 0.717) is 6.61 Å². The van der Waals surface area contributed by atoms with Crippen LogP contribution in [0.15, 0.2) is 85.2 Å². The molecule has 34 heavy (non-hydrogen) atoms. The molecule has 3 heterocycles. The van der Waals surface area contributed by atoms with Gasteiger partial charge in [0.2, 0.25) is 0 Å². The van der Waals surface area contributed by atoms with Crippen LogP contribution in [-0.4, -0.2) is 55.7 Å². The van der Waals surface area contributed by atoms with Gasteiger partial charge in [-0.15, -0.1) is 24.8 Å². The van der Waals surface area contributed by atoms with Crippen LogP contribution in [0, 0.1) is 0 Å². The molecule has 0 bridgehead atoms. The summed E-state index contributed by atoms with van der Waals surface area (Å²) in [6, 6.07) is 25.1. The van der Waals surface area contributed by atoms with E-state index in [-0.39, 0.29) is 24.8 Å². The number of hydrogen-bond donors (Lipinski definition) is 0. The number of methoxy groups -OCH3 is 1. The number of nitrogens with zero attached hydrogens (tertiary/aromatic N) is 3. The van der Waals surface area contributed by atoms with Gasteiger partial charge in [-0.05, 0) is 48.0 Å². The van der Waals surface area contributed by atoms with Gasteiger partial charge in [0.1, 0.15) is 18.1 Å². The molecule has 5 rings (SSSR count). The highest BCUT2D eigenvalue weighted by Crippen LogP contribution is 2.28. The first-order valence-corrected chi connectivity index (χ1v) is 11.2. The number of halogens is 2. The molecule has 0 amide bonds. The maximum atomic E-state index is 6.03. The van der Waals surface area contributed by atoms with Crippen molar-refractivity contribution >= 4 is 36.0 Å². The van der Waals surface area contributed by atoms with Crippen LogP contribution >= 0.6 is 24.8 Å². The Balaban J connectivity index is 0.00000162. The Morgan fingerprint density at radius 3 is 2.26 bits per heavy atom. The van der Waals surface area contributed by atoms with Gasteiger partial charge >= 0.3 is 0 Å². The van der Waals surface area contributed by atoms with Gasteiger partial charge in [-0.2, -0.15) is 0 Å². The molecule has 2 aromatic carbocycles. The molecule has 5 nitrogen and oxygen atoms in total. The molecule has 1 aliphatic heterocycles. The molecule has 2 aromatic heterocycles. The van der Waals surface area contributed by atoms with E-state index in [0.717, 1.165) is 44.2 Å². The summed E-state index contributed by atoms with van der Waals surface area (Å²) in [4.78, 5) is 4.87. The monoisotopic (exact) mass is 499 g/mol. The van der Waals surface area contributed by atoms with Crippen LogP contribution in [0.1, 0.15) is 0 Å². The van der Waals surface area contributed by atoms with Gasteiger partial charge in [-0.25, -0.2) is 0 Å². The number of para-hydroxylation sites is 2. The summed E-state index contributed by atoms with van der Waals surface area (Å²) in [5.41, 5.74) is 4.81. The van der Waals surface area contributed by atoms with Crippen molar-refractivity contribution < 1.29 is 9.47 Å². The number of rotatable bonds is 7. The summed E-state index contributed by atoms with van der Waals surface area (Å²) in [7, 11) is 1.74. The van der Waals surface area contributed by atoms with Crippen LogP contribution in [0.4, 0.5) is 5.69 Å². The number of fused-ring (bicyclic) bond motifs is 1. The van der Waals surface area contributed by atoms with Crippen molar-refractivity contribution in [1.29, 1.82) is 0 Å². The van der Waals surface area contributed by atoms with Gasteiger partial charge in [0, 0.05) is 56.2 Å². The van der Waals surface area contributed by atoms with Crippen molar-refractivity contribution in [2.24, 2.45) is 0 Å². The average molecular weight is 500 g/mol. The van der Waals surface area contributed by atoms with E-state index in [1.165, 1.54) is 22.3 Å². The number of pyridine rings is 1. The lowest BCUT2D eigenvalue weighted by molar-refractivity contribution is 0.200. The lowest BCUT2D eigenvalue weighted by atomic mass is 10.1. The first kappa shape index (κ1) is 25.8. The van der Waals surface area contributed by atoms with Crippen LogP contribution in [0.3, 0.4) is 0 Å². The second-order valence-corrected chi connectivity index (χ2v) is 8.13. The normalized spacial score (nSPS) is 13.7. The molecule has 1 saturated heterocycles. The second-order valence-electron chi connectivity index (χ2n) is 8.13. The Hall–Kier alpha value is -2.86. The molecule has 1 aliphatic rings. The first-order chi connectivity index (χ1) is 15.8. The zero-order valence-corrected chi connectivity index (χ0v) is 20.9. The molecule has 0 spiro atoms. The van der Waals surface area contributed by atoms with Crippen molar-refractivity contribution in [3.8, 4) is 22.6 Å². The van der Waals surface area contributed by atoms with Crippen LogP contribution in [-0.2, 0) is 0 Å². The fraction of sp³-hybridized carbons (Fsp3) is 0.259. The van der Waals surface area contributed by atoms with Gasteiger partial charge < -0.3 is 18.8 Å². The van der Waals surface area contributed by atoms with E-state index in [9.17, 15) is 0 Å². The average Bonchev–Trinajstić information content (AvgIpc) is 3.29. The Kier molecular flexibility index (Phi) is 9.11. The minimum Gasteiger partial charge on any atom is -0.495 e. The standard InChI is InChI=1S/C27H29N3O2.2ClH/c1-31-27-8-3-2-7-26(27)29-16-14-28(15-17-29)18-19-32-25-11-9-22(10-12-25)23-20-24-6-4-5-13-30(24)21-23;;/h2-13,20-21H,14-19H2,1H3;2*1H. The van der Waals surface area contributed by atoms with Crippen molar-refractivity contribution in [1.82, 2.24) is 9.30 Å². The van der Waals surface area contributed by atoms with E-state index < -0.39 is 0 Å². The zero-order valence-electron chi connectivity index (χ0n) is 19.3. The molecule has 0 unspecified atom stereocenters. The molecular weight excluding hydrogens is 469 g/mol. The third-order valence-electron chi connectivity index (χ3n) is 6.17. The summed E-state index contributed by atoms with van der Waals surface area (Å²) in [5, 5.41) is 0. The molecule has 0 N–H and O–H groups in total. The number of piperazine rings is 1. The molecule has 4 aromatic rings. The van der Waals surface area contributed by atoms with Crippen molar-refractivity contribution in [2.45, 2.75) is 0 Å². The summed E-state index contributed by atoms with van der Waals surface area (Å²) in [5.74, 6) is 1.87. The predicted molar refractivity (Wildman–Crippen MR) is 144 cm³/mol. The summed E-state index contributed by atoms with van der Waals surface area (Å²) >= 11 is 0. The number of ether oxygens (including phenoxy) is 2. The molecule has 180 valence electrons. The SMILES string of the molecule is COc1ccccc1N1CCN(CCOc2ccc(-c3cc4ccccn4c3)cc2)CC1.Cl.Cl. The number of hydrogen-bond acceptors (Lipinski definition) is 4. The van der Waals surface area contributed by atoms with Crippen LogP contribution in [0.25, 0.3) is 16.6 Å². The lowest BCUT2D eigenvalue weighted by Gasteiger charge is -2.36. The number of aromatic nitrogens is 1. The summed E-state index contributed by atoms with van der Waals surface area (Å²) in [6.45, 7) is 5.70. The smallest absolute Gasteiger partial charge is 0.142 e. The van der Waals surface area contributed by atoms with Crippen LogP contribution in [0.2, 0.25) is 0 Å². The molecule has 7 heteroatoms. The molecule has 0 aliphatic carbocycles. The van der Waals surface area contributed by atoms with Crippen molar-refractivity contribution in [3.63, 3.8) is 0 Å². The highest BCUT2D eigenvalue weighted by molar-refractivity contribution is 5.85. The third-order valence-corrected chi connectivity index (χ3v) is 6.17. The fourth-order valence-electron chi connectivity index (χ4n) is 4.35. The Labute approximate surface area is 213 Å². The van der Waals surface area contributed by atoms with Crippen molar-refractivity contribution in [2.75, 3.05) is 51.3 Å². The van der Waals surface area contributed by atoms with E-state index in [1.54, 1.807) is 7.11 Å². The number of benzene rings is 2. The van der Waals surface area contributed by atoms with E-state index in [1.807, 2.05) is 18.2 Å². The van der Waals surface area contributed by atoms with Crippen LogP contribution < -0.4 is 14.4 Å². The van der Waals surface area contributed by atoms with Gasteiger partial charge in [-0.1, -0.05) is 30.3 Å². The quantitative estimate of drug-likeness (QED) is 0.328. The second kappa shape index (κ2) is 12.0. The minimum absolute atomic E-state index is 0. The largest absolute Gasteiger partial charge is 0.495 e. The van der Waals surface area contributed by atoms with Gasteiger partial charge in [-0.3, -0.25) is 4.90 Å². The Morgan fingerprint density at radius 1 is 0.794 bits per heavy atom. The predicted octanol–water partition coefficient (Wildman–Crippen LogP) is 5.66. The molecule has 0 saturated carbocycles. The van der Waals surface area contributed by atoms with Crippen LogP contribution in [0.5, 0.6) is 11.5 Å². The third kappa shape index (κ3) is 5.79. The highest BCUT2D eigenvalue weighted by Gasteiger charge is 2.19. The molecule has 0 atom stereocenters.